The molecule has 3 rings (SSSR count). The zero-order chi connectivity index (χ0) is 15.1. The number of halogens is 1. The number of thiazole rings is 1. The van der Waals surface area contributed by atoms with Crippen molar-refractivity contribution in [3.05, 3.63) is 34.5 Å². The highest BCUT2D eigenvalue weighted by atomic mass is 32.2. The minimum Gasteiger partial charge on any atom is -0.610 e. The predicted molar refractivity (Wildman–Crippen MR) is 78.2 cm³/mol. The summed E-state index contributed by atoms with van der Waals surface area (Å²) in [6, 6.07) is 2.71. The third-order valence-corrected chi connectivity index (χ3v) is 5.12. The summed E-state index contributed by atoms with van der Waals surface area (Å²) in [4.78, 5) is 24.8. The summed E-state index contributed by atoms with van der Waals surface area (Å²) < 4.78 is 26.8. The highest BCUT2D eigenvalue weighted by Crippen LogP contribution is 2.24. The Kier molecular flexibility index (Phi) is 3.47. The zero-order valence-corrected chi connectivity index (χ0v) is 12.7. The minimum absolute atomic E-state index is 0.00780. The highest BCUT2D eigenvalue weighted by Gasteiger charge is 2.20. The van der Waals surface area contributed by atoms with E-state index in [0.717, 1.165) is 11.3 Å². The lowest BCUT2D eigenvalue weighted by Gasteiger charge is -2.06. The normalized spacial score (nSPS) is 12.8. The Morgan fingerprint density at radius 3 is 2.86 bits per heavy atom. The van der Waals surface area contributed by atoms with Crippen LogP contribution in [-0.2, 0) is 18.2 Å². The van der Waals surface area contributed by atoms with Gasteiger partial charge in [0.2, 0.25) is 0 Å². The molecule has 108 valence electrons. The van der Waals surface area contributed by atoms with Crippen LogP contribution in [0.15, 0.2) is 27.5 Å². The maximum absolute atomic E-state index is 13.8. The number of fused-ring (bicyclic) bond motifs is 1. The number of hydrogen-bond acceptors (Lipinski definition) is 6. The summed E-state index contributed by atoms with van der Waals surface area (Å²) in [5.74, 6) is -0.453. The molecule has 21 heavy (non-hydrogen) atoms. The quantitative estimate of drug-likeness (QED) is 0.664. The molecule has 0 aliphatic rings. The molecule has 1 unspecified atom stereocenters. The Morgan fingerprint density at radius 2 is 2.19 bits per heavy atom. The monoisotopic (exact) mass is 324 g/mol. The van der Waals surface area contributed by atoms with Crippen molar-refractivity contribution in [2.45, 2.75) is 4.34 Å². The number of rotatable bonds is 2. The van der Waals surface area contributed by atoms with Crippen molar-refractivity contribution in [1.82, 2.24) is 19.5 Å². The number of pyridine rings is 1. The van der Waals surface area contributed by atoms with Gasteiger partial charge in [-0.25, -0.2) is 14.4 Å². The van der Waals surface area contributed by atoms with E-state index in [9.17, 15) is 13.7 Å². The standard InChI is InChI=1S/C12H9FN4O2S2/c1-17-9(7-6(13)4-3-5-14-7)16-10-8(11(17)18)15-12(20-10)21(2)19/h3-5H,1-2H3. The van der Waals surface area contributed by atoms with Crippen LogP contribution in [-0.4, -0.2) is 30.3 Å². The average molecular weight is 324 g/mol. The lowest BCUT2D eigenvalue weighted by molar-refractivity contribution is 0.600. The Hall–Kier alpha value is -1.84. The van der Waals surface area contributed by atoms with Crippen LogP contribution in [0.25, 0.3) is 21.9 Å². The SMILES string of the molecule is Cn1c(-c2ncccc2F)nc2sc([S+](C)[O-])nc2c1=O. The van der Waals surface area contributed by atoms with E-state index >= 15 is 0 Å². The third kappa shape index (κ3) is 2.33. The van der Waals surface area contributed by atoms with Gasteiger partial charge in [0.1, 0.15) is 11.9 Å². The van der Waals surface area contributed by atoms with E-state index in [0.29, 0.717) is 9.17 Å². The Morgan fingerprint density at radius 1 is 1.43 bits per heavy atom. The first-order valence-electron chi connectivity index (χ1n) is 5.81. The van der Waals surface area contributed by atoms with Gasteiger partial charge in [-0.2, -0.15) is 4.98 Å². The van der Waals surface area contributed by atoms with Gasteiger partial charge in [-0.1, -0.05) is 0 Å². The molecule has 0 saturated carbocycles. The van der Waals surface area contributed by atoms with Gasteiger partial charge in [-0.05, 0) is 23.5 Å². The zero-order valence-electron chi connectivity index (χ0n) is 11.0. The van der Waals surface area contributed by atoms with Gasteiger partial charge in [0.15, 0.2) is 22.0 Å². The van der Waals surface area contributed by atoms with Crippen LogP contribution in [0.3, 0.4) is 0 Å². The smallest absolute Gasteiger partial charge is 0.304 e. The largest absolute Gasteiger partial charge is 0.610 e. The molecule has 0 N–H and O–H groups in total. The van der Waals surface area contributed by atoms with Gasteiger partial charge in [-0.15, -0.1) is 0 Å². The van der Waals surface area contributed by atoms with Gasteiger partial charge in [0.05, 0.1) is 0 Å². The maximum atomic E-state index is 13.8. The highest BCUT2D eigenvalue weighted by molar-refractivity contribution is 7.92. The second-order valence-corrected chi connectivity index (χ2v) is 6.75. The summed E-state index contributed by atoms with van der Waals surface area (Å²) in [5.41, 5.74) is -0.299. The van der Waals surface area contributed by atoms with Gasteiger partial charge < -0.3 is 4.55 Å². The van der Waals surface area contributed by atoms with Crippen LogP contribution < -0.4 is 5.56 Å². The molecule has 0 fully saturated rings. The first-order chi connectivity index (χ1) is 9.99. The second kappa shape index (κ2) is 5.17. The van der Waals surface area contributed by atoms with Crippen molar-refractivity contribution in [2.24, 2.45) is 7.05 Å². The van der Waals surface area contributed by atoms with Crippen molar-refractivity contribution in [3.63, 3.8) is 0 Å². The predicted octanol–water partition coefficient (Wildman–Crippen LogP) is 1.33. The molecule has 6 nitrogen and oxygen atoms in total. The molecular formula is C12H9FN4O2S2. The van der Waals surface area contributed by atoms with E-state index in [1.807, 2.05) is 0 Å². The molecule has 3 heterocycles. The van der Waals surface area contributed by atoms with Crippen LogP contribution in [0.2, 0.25) is 0 Å². The fraction of sp³-hybridized carbons (Fsp3) is 0.167. The fourth-order valence-electron chi connectivity index (χ4n) is 1.82. The molecule has 1 atom stereocenters. The van der Waals surface area contributed by atoms with E-state index in [1.165, 1.54) is 36.2 Å². The van der Waals surface area contributed by atoms with Gasteiger partial charge in [0.25, 0.3) is 5.56 Å². The third-order valence-electron chi connectivity index (χ3n) is 2.84. The van der Waals surface area contributed by atoms with Gasteiger partial charge in [0, 0.05) is 24.4 Å². The number of aromatic nitrogens is 4. The van der Waals surface area contributed by atoms with E-state index in [1.54, 1.807) is 0 Å². The molecule has 0 aliphatic heterocycles. The summed E-state index contributed by atoms with van der Waals surface area (Å²) in [7, 11) is 1.47. The molecular weight excluding hydrogens is 315 g/mol. The lowest BCUT2D eigenvalue weighted by atomic mass is 10.3. The Bertz CT molecular complexity index is 891. The van der Waals surface area contributed by atoms with Crippen molar-refractivity contribution >= 4 is 32.9 Å². The van der Waals surface area contributed by atoms with Crippen LogP contribution in [0, 0.1) is 5.82 Å². The summed E-state index contributed by atoms with van der Waals surface area (Å²) in [6.45, 7) is 0. The lowest BCUT2D eigenvalue weighted by Crippen LogP contribution is -2.20. The Labute approximate surface area is 125 Å². The minimum atomic E-state index is -1.30. The molecule has 3 aromatic rings. The van der Waals surface area contributed by atoms with Crippen molar-refractivity contribution in [1.29, 1.82) is 0 Å². The van der Waals surface area contributed by atoms with Crippen LogP contribution in [0.4, 0.5) is 4.39 Å². The van der Waals surface area contributed by atoms with Crippen LogP contribution in [0.5, 0.6) is 0 Å². The molecule has 0 aromatic carbocycles. The van der Waals surface area contributed by atoms with Crippen LogP contribution >= 0.6 is 11.3 Å². The number of hydrogen-bond donors (Lipinski definition) is 0. The second-order valence-electron chi connectivity index (χ2n) is 4.22. The average Bonchev–Trinajstić information content (AvgIpc) is 2.88. The molecule has 0 bridgehead atoms. The molecule has 0 saturated heterocycles. The van der Waals surface area contributed by atoms with Crippen molar-refractivity contribution in [3.8, 4) is 11.5 Å². The summed E-state index contributed by atoms with van der Waals surface area (Å²) >= 11 is -0.245. The molecule has 0 spiro atoms. The summed E-state index contributed by atoms with van der Waals surface area (Å²) in [6.07, 6.45) is 2.90. The molecule has 9 heteroatoms. The van der Waals surface area contributed by atoms with Crippen molar-refractivity contribution in [2.75, 3.05) is 6.26 Å². The van der Waals surface area contributed by atoms with Crippen LogP contribution in [0.1, 0.15) is 0 Å². The molecule has 0 radical (unpaired) electrons. The molecule has 3 aromatic heterocycles. The first-order valence-corrected chi connectivity index (χ1v) is 8.18. The van der Waals surface area contributed by atoms with Crippen molar-refractivity contribution < 1.29 is 8.94 Å². The van der Waals surface area contributed by atoms with E-state index in [-0.39, 0.29) is 17.0 Å². The van der Waals surface area contributed by atoms with E-state index in [4.69, 9.17) is 0 Å². The van der Waals surface area contributed by atoms with Gasteiger partial charge >= 0.3 is 4.34 Å². The summed E-state index contributed by atoms with van der Waals surface area (Å²) in [5, 5.41) is 0. The molecule has 0 amide bonds. The Balaban J connectivity index is 2.33. The maximum Gasteiger partial charge on any atom is 0.304 e. The fourth-order valence-corrected chi connectivity index (χ4v) is 3.41. The number of nitrogens with zero attached hydrogens (tertiary/aromatic N) is 4. The van der Waals surface area contributed by atoms with E-state index < -0.39 is 22.6 Å². The molecule has 0 aliphatic carbocycles. The topological polar surface area (TPSA) is 83.7 Å². The van der Waals surface area contributed by atoms with E-state index in [2.05, 4.69) is 15.0 Å². The first kappa shape index (κ1) is 14.1. The van der Waals surface area contributed by atoms with Gasteiger partial charge in [-0.3, -0.25) is 9.36 Å².